The molecule has 1 N–H and O–H groups in total. The molecule has 3 atom stereocenters. The van der Waals surface area contributed by atoms with Crippen molar-refractivity contribution in [3.05, 3.63) is 0 Å². The van der Waals surface area contributed by atoms with Crippen molar-refractivity contribution in [2.24, 2.45) is 17.8 Å². The van der Waals surface area contributed by atoms with Crippen LogP contribution in [0.15, 0.2) is 0 Å². The first kappa shape index (κ1) is 14.9. The predicted octanol–water partition coefficient (Wildman–Crippen LogP) is 2.33. The Morgan fingerprint density at radius 3 is 2.38 bits per heavy atom. The molecular weight excluding hydrogens is 264 g/mol. The maximum absolute atomic E-state index is 13.1. The van der Waals surface area contributed by atoms with Gasteiger partial charge in [0.2, 0.25) is 11.8 Å². The van der Waals surface area contributed by atoms with Crippen molar-refractivity contribution in [3.63, 3.8) is 0 Å². The first-order valence-electron chi connectivity index (χ1n) is 8.58. The van der Waals surface area contributed by atoms with E-state index in [0.717, 1.165) is 32.2 Å². The Balaban J connectivity index is 1.85. The molecule has 2 aliphatic carbocycles. The summed E-state index contributed by atoms with van der Waals surface area (Å²) in [5.74, 6) is 1.74. The number of hydrogen-bond acceptors (Lipinski definition) is 2. The van der Waals surface area contributed by atoms with Gasteiger partial charge in [0.1, 0.15) is 11.6 Å². The largest absolute Gasteiger partial charge is 0.340 e. The van der Waals surface area contributed by atoms with Gasteiger partial charge >= 0.3 is 0 Å². The summed E-state index contributed by atoms with van der Waals surface area (Å²) in [5.41, 5.74) is -0.584. The Hall–Kier alpha value is -1.06. The van der Waals surface area contributed by atoms with Crippen LogP contribution in [0.3, 0.4) is 0 Å². The zero-order chi connectivity index (χ0) is 15.2. The minimum atomic E-state index is -0.584. The third-order valence-corrected chi connectivity index (χ3v) is 5.68. The Labute approximate surface area is 127 Å². The highest BCUT2D eigenvalue weighted by molar-refractivity contribution is 6.00. The quantitative estimate of drug-likeness (QED) is 0.868. The van der Waals surface area contributed by atoms with E-state index in [1.165, 1.54) is 12.8 Å². The molecule has 0 aromatic carbocycles. The number of nitrogens with one attached hydrogen (secondary N) is 1. The number of hydrogen-bond donors (Lipinski definition) is 1. The summed E-state index contributed by atoms with van der Waals surface area (Å²) in [6.45, 7) is 7.09. The lowest BCUT2D eigenvalue weighted by Gasteiger charge is -2.49. The van der Waals surface area contributed by atoms with E-state index in [0.29, 0.717) is 11.8 Å². The molecule has 0 radical (unpaired) electrons. The zero-order valence-electron chi connectivity index (χ0n) is 13.5. The second-order valence-electron chi connectivity index (χ2n) is 7.75. The number of piperazine rings is 1. The lowest BCUT2D eigenvalue weighted by atomic mass is 9.77. The Morgan fingerprint density at radius 2 is 1.86 bits per heavy atom. The van der Waals surface area contributed by atoms with Crippen LogP contribution in [0.5, 0.6) is 0 Å². The van der Waals surface area contributed by atoms with Crippen LogP contribution < -0.4 is 5.32 Å². The lowest BCUT2D eigenvalue weighted by Crippen LogP contribution is -2.72. The van der Waals surface area contributed by atoms with Crippen LogP contribution in [0, 0.1) is 17.8 Å². The molecule has 2 amide bonds. The van der Waals surface area contributed by atoms with E-state index in [9.17, 15) is 9.59 Å². The van der Waals surface area contributed by atoms with E-state index < -0.39 is 5.54 Å². The van der Waals surface area contributed by atoms with Gasteiger partial charge in [-0.15, -0.1) is 0 Å². The van der Waals surface area contributed by atoms with Gasteiger partial charge in [0.15, 0.2) is 0 Å². The van der Waals surface area contributed by atoms with Crippen molar-refractivity contribution in [2.45, 2.75) is 70.9 Å². The highest BCUT2D eigenvalue weighted by atomic mass is 16.2. The number of rotatable bonds is 3. The van der Waals surface area contributed by atoms with Gasteiger partial charge in [0.25, 0.3) is 0 Å². The first-order valence-corrected chi connectivity index (χ1v) is 8.58. The smallest absolute Gasteiger partial charge is 0.249 e. The molecule has 3 rings (SSSR count). The van der Waals surface area contributed by atoms with Crippen molar-refractivity contribution in [3.8, 4) is 0 Å². The fourth-order valence-electron chi connectivity index (χ4n) is 4.17. The third kappa shape index (κ3) is 2.58. The van der Waals surface area contributed by atoms with E-state index in [-0.39, 0.29) is 23.8 Å². The van der Waals surface area contributed by atoms with Crippen molar-refractivity contribution < 1.29 is 9.59 Å². The molecule has 1 heterocycles. The summed E-state index contributed by atoms with van der Waals surface area (Å²) in [4.78, 5) is 27.7. The molecule has 1 aliphatic heterocycles. The Bertz CT molecular complexity index is 440. The maximum Gasteiger partial charge on any atom is 0.249 e. The highest BCUT2D eigenvalue weighted by Gasteiger charge is 2.53. The summed E-state index contributed by atoms with van der Waals surface area (Å²) in [6, 6.07) is -0.280. The second kappa shape index (κ2) is 5.29. The van der Waals surface area contributed by atoms with E-state index >= 15 is 0 Å². The minimum absolute atomic E-state index is 0.0693. The van der Waals surface area contributed by atoms with Crippen LogP contribution in [-0.4, -0.2) is 34.8 Å². The van der Waals surface area contributed by atoms with Crippen molar-refractivity contribution in [2.75, 3.05) is 6.54 Å². The standard InChI is InChI=1S/C17H28N2O2/c1-11(2)14-15(20)18-17(7-5-4-6-8-17)16(21)19(14)10-13-9-12(13)3/h11-14H,4-10H2,1-3H3,(H,18,20). The van der Waals surface area contributed by atoms with Gasteiger partial charge in [-0.25, -0.2) is 0 Å². The maximum atomic E-state index is 13.1. The molecule has 4 heteroatoms. The van der Waals surface area contributed by atoms with Gasteiger partial charge in [0, 0.05) is 6.54 Å². The molecule has 0 bridgehead atoms. The van der Waals surface area contributed by atoms with Gasteiger partial charge < -0.3 is 10.2 Å². The van der Waals surface area contributed by atoms with Crippen LogP contribution >= 0.6 is 0 Å². The molecule has 3 aliphatic rings. The number of amides is 2. The average Bonchev–Trinajstić information content (AvgIpc) is 3.12. The summed E-state index contributed by atoms with van der Waals surface area (Å²) >= 11 is 0. The van der Waals surface area contributed by atoms with Gasteiger partial charge in [-0.05, 0) is 37.0 Å². The molecule has 0 aromatic heterocycles. The number of carbonyl (C=O) groups is 2. The van der Waals surface area contributed by atoms with Crippen LogP contribution in [0.4, 0.5) is 0 Å². The predicted molar refractivity (Wildman–Crippen MR) is 81.6 cm³/mol. The van der Waals surface area contributed by atoms with E-state index in [4.69, 9.17) is 0 Å². The molecule has 0 aromatic rings. The third-order valence-electron chi connectivity index (χ3n) is 5.68. The fraction of sp³-hybridized carbons (Fsp3) is 0.882. The first-order chi connectivity index (χ1) is 9.94. The topological polar surface area (TPSA) is 49.4 Å². The van der Waals surface area contributed by atoms with Crippen molar-refractivity contribution in [1.82, 2.24) is 10.2 Å². The molecule has 1 saturated heterocycles. The minimum Gasteiger partial charge on any atom is -0.340 e. The van der Waals surface area contributed by atoms with Crippen LogP contribution in [0.2, 0.25) is 0 Å². The Kier molecular flexibility index (Phi) is 3.74. The van der Waals surface area contributed by atoms with Gasteiger partial charge in [0.05, 0.1) is 0 Å². The summed E-state index contributed by atoms with van der Waals surface area (Å²) in [7, 11) is 0. The molecular formula is C17H28N2O2. The normalized spacial score (nSPS) is 35.2. The van der Waals surface area contributed by atoms with Gasteiger partial charge in [-0.1, -0.05) is 40.0 Å². The van der Waals surface area contributed by atoms with Crippen LogP contribution in [-0.2, 0) is 9.59 Å². The molecule has 3 fully saturated rings. The lowest BCUT2D eigenvalue weighted by molar-refractivity contribution is -0.158. The summed E-state index contributed by atoms with van der Waals surface area (Å²) < 4.78 is 0. The Morgan fingerprint density at radius 1 is 1.24 bits per heavy atom. The fourth-order valence-corrected chi connectivity index (χ4v) is 4.17. The monoisotopic (exact) mass is 292 g/mol. The molecule has 118 valence electrons. The highest BCUT2D eigenvalue weighted by Crippen LogP contribution is 2.41. The van der Waals surface area contributed by atoms with Crippen LogP contribution in [0.1, 0.15) is 59.3 Å². The van der Waals surface area contributed by atoms with Crippen molar-refractivity contribution >= 4 is 11.8 Å². The number of carbonyl (C=O) groups excluding carboxylic acids is 2. The van der Waals surface area contributed by atoms with E-state index in [2.05, 4.69) is 12.2 Å². The van der Waals surface area contributed by atoms with E-state index in [1.807, 2.05) is 18.7 Å². The van der Waals surface area contributed by atoms with Gasteiger partial charge in [-0.3, -0.25) is 9.59 Å². The summed E-state index contributed by atoms with van der Waals surface area (Å²) in [6.07, 6.45) is 6.11. The van der Waals surface area contributed by atoms with Crippen LogP contribution in [0.25, 0.3) is 0 Å². The van der Waals surface area contributed by atoms with Crippen molar-refractivity contribution in [1.29, 1.82) is 0 Å². The van der Waals surface area contributed by atoms with Gasteiger partial charge in [-0.2, -0.15) is 0 Å². The number of nitrogens with zero attached hydrogens (tertiary/aromatic N) is 1. The average molecular weight is 292 g/mol. The zero-order valence-corrected chi connectivity index (χ0v) is 13.5. The molecule has 21 heavy (non-hydrogen) atoms. The summed E-state index contributed by atoms with van der Waals surface area (Å²) in [5, 5.41) is 3.12. The second-order valence-corrected chi connectivity index (χ2v) is 7.75. The molecule has 1 spiro atoms. The molecule has 4 nitrogen and oxygen atoms in total. The molecule has 2 saturated carbocycles. The SMILES string of the molecule is CC(C)C1C(=O)NC2(CCCCC2)C(=O)N1CC1CC1C. The van der Waals surface area contributed by atoms with E-state index in [1.54, 1.807) is 0 Å². The molecule has 3 unspecified atom stereocenters.